The van der Waals surface area contributed by atoms with Gasteiger partial charge in [0.05, 0.1) is 15.8 Å². The summed E-state index contributed by atoms with van der Waals surface area (Å²) in [5.74, 6) is -4.46. The van der Waals surface area contributed by atoms with Crippen molar-refractivity contribution < 1.29 is 31.9 Å². The van der Waals surface area contributed by atoms with Crippen LogP contribution in [0.3, 0.4) is 0 Å². The van der Waals surface area contributed by atoms with E-state index in [4.69, 9.17) is 5.73 Å². The predicted molar refractivity (Wildman–Crippen MR) is 155 cm³/mol. The van der Waals surface area contributed by atoms with Crippen molar-refractivity contribution in [2.24, 2.45) is 5.73 Å². The summed E-state index contributed by atoms with van der Waals surface area (Å²) in [7, 11) is 0. The maximum Gasteiger partial charge on any atom is 0.471 e. The number of benzene rings is 4. The number of hydrogen-bond donors (Lipinski definition) is 2. The van der Waals surface area contributed by atoms with Crippen LogP contribution in [-0.4, -0.2) is 28.8 Å². The topological polar surface area (TPSA) is 105 Å². The number of fused-ring (bicyclic) bond motifs is 1. The molecule has 0 radical (unpaired) electrons. The van der Waals surface area contributed by atoms with E-state index in [-0.39, 0.29) is 34.1 Å². The highest BCUT2D eigenvalue weighted by Crippen LogP contribution is 2.36. The standard InChI is InChI=1S/C31H22F4N4O3S/c32-23-9-5-4-8-22(23)28(41)37-20-14-15-24-25(16-20)43-29(38-24)27(40)26(19-12-10-18(17-36)11-13-19)39(30(42)31(33,34)35)21-6-2-1-3-7-21/h1-16,26H,17,36H2,(H,37,41). The number of carbonyl (C=O) groups is 3. The first-order valence-corrected chi connectivity index (χ1v) is 13.6. The van der Waals surface area contributed by atoms with E-state index < -0.39 is 35.6 Å². The summed E-state index contributed by atoms with van der Waals surface area (Å²) in [5.41, 5.74) is 6.80. The van der Waals surface area contributed by atoms with Crippen LogP contribution >= 0.6 is 11.3 Å². The van der Waals surface area contributed by atoms with Gasteiger partial charge in [0.25, 0.3) is 5.91 Å². The third kappa shape index (κ3) is 6.30. The zero-order valence-corrected chi connectivity index (χ0v) is 23.0. The van der Waals surface area contributed by atoms with Gasteiger partial charge in [-0.25, -0.2) is 9.37 Å². The Bertz CT molecular complexity index is 1810. The van der Waals surface area contributed by atoms with Crippen molar-refractivity contribution in [3.05, 3.63) is 125 Å². The number of alkyl halides is 3. The summed E-state index contributed by atoms with van der Waals surface area (Å²) in [5, 5.41) is 2.43. The minimum absolute atomic E-state index is 0.126. The van der Waals surface area contributed by atoms with Crippen LogP contribution in [0.5, 0.6) is 0 Å². The van der Waals surface area contributed by atoms with Gasteiger partial charge in [0.1, 0.15) is 11.9 Å². The van der Waals surface area contributed by atoms with Crippen LogP contribution in [0, 0.1) is 5.82 Å². The molecule has 1 aromatic heterocycles. The van der Waals surface area contributed by atoms with E-state index in [0.29, 0.717) is 20.7 Å². The van der Waals surface area contributed by atoms with Crippen LogP contribution in [0.4, 0.5) is 28.9 Å². The van der Waals surface area contributed by atoms with Crippen LogP contribution < -0.4 is 16.0 Å². The highest BCUT2D eigenvalue weighted by Gasteiger charge is 2.47. The van der Waals surface area contributed by atoms with Crippen molar-refractivity contribution in [1.29, 1.82) is 0 Å². The Hall–Kier alpha value is -4.94. The third-order valence-corrected chi connectivity index (χ3v) is 7.54. The fourth-order valence-corrected chi connectivity index (χ4v) is 5.40. The average Bonchev–Trinajstić information content (AvgIpc) is 3.43. The fraction of sp³-hybridized carbons (Fsp3) is 0.0968. The number of halogens is 4. The van der Waals surface area contributed by atoms with Crippen molar-refractivity contribution in [1.82, 2.24) is 4.98 Å². The Balaban J connectivity index is 1.56. The number of nitrogens with one attached hydrogen (secondary N) is 1. The van der Waals surface area contributed by atoms with Gasteiger partial charge >= 0.3 is 12.1 Å². The molecule has 12 heteroatoms. The molecule has 0 saturated carbocycles. The number of nitrogens with zero attached hydrogens (tertiary/aromatic N) is 2. The Kier molecular flexibility index (Phi) is 8.33. The SMILES string of the molecule is NCc1ccc(C(C(=O)c2nc3ccc(NC(=O)c4ccccc4F)cc3s2)N(C(=O)C(F)(F)F)c2ccccc2)cc1. The van der Waals surface area contributed by atoms with Crippen molar-refractivity contribution in [2.75, 3.05) is 10.2 Å². The molecular weight excluding hydrogens is 584 g/mol. The number of nitrogens with two attached hydrogens (primary N) is 1. The van der Waals surface area contributed by atoms with E-state index in [1.165, 1.54) is 72.8 Å². The molecule has 0 fully saturated rings. The minimum atomic E-state index is -5.29. The van der Waals surface area contributed by atoms with Crippen molar-refractivity contribution in [3.63, 3.8) is 0 Å². The normalized spacial score (nSPS) is 12.1. The summed E-state index contributed by atoms with van der Waals surface area (Å²) in [6, 6.07) is 21.4. The van der Waals surface area contributed by atoms with Gasteiger partial charge in [-0.05, 0) is 53.6 Å². The lowest BCUT2D eigenvalue weighted by Crippen LogP contribution is -2.46. The molecule has 1 unspecified atom stereocenters. The predicted octanol–water partition coefficient (Wildman–Crippen LogP) is 6.67. The number of ketones is 1. The van der Waals surface area contributed by atoms with Gasteiger partial charge in [-0.1, -0.05) is 54.6 Å². The van der Waals surface area contributed by atoms with E-state index in [9.17, 15) is 31.9 Å². The first-order valence-electron chi connectivity index (χ1n) is 12.8. The number of anilines is 2. The van der Waals surface area contributed by atoms with E-state index >= 15 is 0 Å². The molecule has 5 aromatic rings. The van der Waals surface area contributed by atoms with Crippen LogP contribution in [0.2, 0.25) is 0 Å². The molecule has 2 amide bonds. The number of Topliss-reactive ketones (excluding diaryl/α,β-unsaturated/α-hetero) is 1. The number of para-hydroxylation sites is 1. The van der Waals surface area contributed by atoms with Gasteiger partial charge in [0.15, 0.2) is 5.01 Å². The first-order chi connectivity index (χ1) is 20.6. The molecule has 1 heterocycles. The zero-order valence-electron chi connectivity index (χ0n) is 22.1. The summed E-state index contributed by atoms with van der Waals surface area (Å²) >= 11 is 0.883. The van der Waals surface area contributed by atoms with E-state index in [1.54, 1.807) is 18.2 Å². The zero-order chi connectivity index (χ0) is 30.7. The monoisotopic (exact) mass is 606 g/mol. The second-order valence-corrected chi connectivity index (χ2v) is 10.4. The Labute approximate surface area is 246 Å². The summed E-state index contributed by atoms with van der Waals surface area (Å²) in [6.45, 7) is 0.163. The fourth-order valence-electron chi connectivity index (χ4n) is 4.43. The molecule has 43 heavy (non-hydrogen) atoms. The lowest BCUT2D eigenvalue weighted by Gasteiger charge is -2.31. The number of aromatic nitrogens is 1. The molecule has 0 aliphatic heterocycles. The molecule has 0 spiro atoms. The first kappa shape index (κ1) is 29.5. The summed E-state index contributed by atoms with van der Waals surface area (Å²) in [6.07, 6.45) is -5.29. The Morgan fingerprint density at radius 2 is 1.58 bits per heavy atom. The maximum atomic E-state index is 14.1. The molecule has 0 saturated heterocycles. The van der Waals surface area contributed by atoms with Crippen molar-refractivity contribution >= 4 is 50.5 Å². The van der Waals surface area contributed by atoms with Crippen LogP contribution in [-0.2, 0) is 11.3 Å². The largest absolute Gasteiger partial charge is 0.471 e. The second kappa shape index (κ2) is 12.1. The van der Waals surface area contributed by atoms with Gasteiger partial charge in [0.2, 0.25) is 5.78 Å². The Morgan fingerprint density at radius 1 is 0.907 bits per heavy atom. The molecule has 0 aliphatic rings. The van der Waals surface area contributed by atoms with Crippen LogP contribution in [0.15, 0.2) is 97.1 Å². The summed E-state index contributed by atoms with van der Waals surface area (Å²) in [4.78, 5) is 44.2. The molecule has 1 atom stereocenters. The molecule has 3 N–H and O–H groups in total. The minimum Gasteiger partial charge on any atom is -0.326 e. The van der Waals surface area contributed by atoms with Crippen molar-refractivity contribution in [3.8, 4) is 0 Å². The lowest BCUT2D eigenvalue weighted by atomic mass is 9.98. The molecule has 0 bridgehead atoms. The van der Waals surface area contributed by atoms with Crippen LogP contribution in [0.25, 0.3) is 10.2 Å². The molecule has 5 rings (SSSR count). The summed E-state index contributed by atoms with van der Waals surface area (Å²) < 4.78 is 56.2. The van der Waals surface area contributed by atoms with Gasteiger partial charge in [0, 0.05) is 17.9 Å². The number of amides is 2. The molecule has 218 valence electrons. The highest BCUT2D eigenvalue weighted by atomic mass is 32.1. The third-order valence-electron chi connectivity index (χ3n) is 6.51. The van der Waals surface area contributed by atoms with E-state index in [0.717, 1.165) is 17.4 Å². The number of hydrogen-bond acceptors (Lipinski definition) is 6. The van der Waals surface area contributed by atoms with Gasteiger partial charge in [-0.15, -0.1) is 11.3 Å². The number of thiazole rings is 1. The maximum absolute atomic E-state index is 14.1. The van der Waals surface area contributed by atoms with Crippen LogP contribution in [0.1, 0.15) is 37.3 Å². The molecule has 7 nitrogen and oxygen atoms in total. The number of carbonyl (C=O) groups excluding carboxylic acids is 3. The van der Waals surface area contributed by atoms with Gasteiger partial charge < -0.3 is 11.1 Å². The second-order valence-electron chi connectivity index (χ2n) is 9.36. The lowest BCUT2D eigenvalue weighted by molar-refractivity contribution is -0.170. The highest BCUT2D eigenvalue weighted by molar-refractivity contribution is 7.20. The Morgan fingerprint density at radius 3 is 2.23 bits per heavy atom. The quantitative estimate of drug-likeness (QED) is 0.152. The average molecular weight is 607 g/mol. The number of rotatable bonds is 8. The van der Waals surface area contributed by atoms with E-state index in [2.05, 4.69) is 10.3 Å². The molecule has 4 aromatic carbocycles. The molecule has 0 aliphatic carbocycles. The smallest absolute Gasteiger partial charge is 0.326 e. The van der Waals surface area contributed by atoms with Gasteiger partial charge in [-0.2, -0.15) is 13.2 Å². The van der Waals surface area contributed by atoms with Gasteiger partial charge in [-0.3, -0.25) is 19.3 Å². The van der Waals surface area contributed by atoms with E-state index in [1.807, 2.05) is 0 Å². The van der Waals surface area contributed by atoms with Crippen molar-refractivity contribution in [2.45, 2.75) is 18.8 Å². The molecular formula is C31H22F4N4O3S.